The zero-order chi connectivity index (χ0) is 15.3. The van der Waals surface area contributed by atoms with E-state index >= 15 is 0 Å². The Morgan fingerprint density at radius 2 is 1.75 bits per heavy atom. The lowest BCUT2D eigenvalue weighted by molar-refractivity contribution is -0.118. The van der Waals surface area contributed by atoms with E-state index in [2.05, 4.69) is 53.3 Å². The number of allylic oxidation sites excluding steroid dienone is 1. The van der Waals surface area contributed by atoms with Crippen molar-refractivity contribution in [2.75, 3.05) is 0 Å². The molecule has 0 spiro atoms. The molecule has 110 valence electrons. The molecule has 20 heavy (non-hydrogen) atoms. The lowest BCUT2D eigenvalue weighted by Crippen LogP contribution is -2.13. The summed E-state index contributed by atoms with van der Waals surface area (Å²) in [5.41, 5.74) is 5.19. The maximum absolute atomic E-state index is 12.0. The average Bonchev–Trinajstić information content (AvgIpc) is 2.32. The minimum atomic E-state index is 0.155. The first-order valence-corrected chi connectivity index (χ1v) is 7.49. The highest BCUT2D eigenvalue weighted by Crippen LogP contribution is 2.27. The van der Waals surface area contributed by atoms with Crippen LogP contribution in [0.5, 0.6) is 0 Å². The monoisotopic (exact) mass is 272 g/mol. The van der Waals surface area contributed by atoms with Crippen LogP contribution in [0.4, 0.5) is 0 Å². The highest BCUT2D eigenvalue weighted by atomic mass is 16.1. The number of ketones is 1. The molecule has 0 saturated carbocycles. The number of Topliss-reactive ketones (excluding diaryl/α,β-unsaturated/α-hetero) is 1. The van der Waals surface area contributed by atoms with Gasteiger partial charge in [0.25, 0.3) is 0 Å². The molecule has 0 bridgehead atoms. The van der Waals surface area contributed by atoms with E-state index in [9.17, 15) is 4.79 Å². The van der Waals surface area contributed by atoms with Gasteiger partial charge in [-0.15, -0.1) is 6.58 Å². The van der Waals surface area contributed by atoms with Gasteiger partial charge in [-0.05, 0) is 54.4 Å². The number of hydrogen-bond donors (Lipinski definition) is 0. The van der Waals surface area contributed by atoms with Crippen LogP contribution in [-0.2, 0) is 16.6 Å². The molecule has 1 aromatic rings. The van der Waals surface area contributed by atoms with Crippen molar-refractivity contribution in [2.24, 2.45) is 0 Å². The Kier molecular flexibility index (Phi) is 5.74. The fraction of sp³-hybridized carbons (Fsp3) is 0.526. The van der Waals surface area contributed by atoms with Gasteiger partial charge in [0.05, 0.1) is 0 Å². The van der Waals surface area contributed by atoms with Gasteiger partial charge in [0.15, 0.2) is 0 Å². The third-order valence-corrected chi connectivity index (χ3v) is 3.80. The van der Waals surface area contributed by atoms with Gasteiger partial charge in [0.2, 0.25) is 0 Å². The largest absolute Gasteiger partial charge is 0.299 e. The lowest BCUT2D eigenvalue weighted by atomic mass is 9.83. The Hall–Kier alpha value is -1.37. The van der Waals surface area contributed by atoms with Gasteiger partial charge in [-0.25, -0.2) is 0 Å². The molecular formula is C19H28O. The van der Waals surface area contributed by atoms with Crippen molar-refractivity contribution in [2.45, 2.75) is 65.7 Å². The van der Waals surface area contributed by atoms with Crippen LogP contribution in [0.1, 0.15) is 62.3 Å². The summed E-state index contributed by atoms with van der Waals surface area (Å²) in [5.74, 6) is 0.335. The predicted octanol–water partition coefficient (Wildman–Crippen LogP) is 5.07. The van der Waals surface area contributed by atoms with E-state index in [-0.39, 0.29) is 5.41 Å². The van der Waals surface area contributed by atoms with E-state index in [1.165, 1.54) is 22.3 Å². The second-order valence-electron chi connectivity index (χ2n) is 6.73. The van der Waals surface area contributed by atoms with Gasteiger partial charge in [-0.2, -0.15) is 0 Å². The van der Waals surface area contributed by atoms with Crippen molar-refractivity contribution >= 4 is 5.78 Å². The summed E-state index contributed by atoms with van der Waals surface area (Å²) < 4.78 is 0. The number of aryl methyl sites for hydroxylation is 2. The smallest absolute Gasteiger partial charge is 0.137 e. The molecule has 1 heteroatoms. The Morgan fingerprint density at radius 3 is 2.20 bits per heavy atom. The maximum atomic E-state index is 12.0. The molecule has 1 nitrogen and oxygen atoms in total. The lowest BCUT2D eigenvalue weighted by Gasteiger charge is -2.22. The molecule has 1 rings (SSSR count). The fourth-order valence-electron chi connectivity index (χ4n) is 2.43. The zero-order valence-electron chi connectivity index (χ0n) is 13.7. The first-order valence-electron chi connectivity index (χ1n) is 7.49. The summed E-state index contributed by atoms with van der Waals surface area (Å²) in [5, 5.41) is 0. The summed E-state index contributed by atoms with van der Waals surface area (Å²) in [7, 11) is 0. The van der Waals surface area contributed by atoms with Crippen LogP contribution in [0.3, 0.4) is 0 Å². The molecule has 0 amide bonds. The molecule has 0 aliphatic carbocycles. The quantitative estimate of drug-likeness (QED) is 0.522. The Balaban J connectivity index is 2.86. The average molecular weight is 272 g/mol. The van der Waals surface area contributed by atoms with E-state index in [0.29, 0.717) is 18.6 Å². The second kappa shape index (κ2) is 6.88. The molecule has 0 fully saturated rings. The SMILES string of the molecule is C=CCCCC(=O)Cc1c(C)cc(C(C)(C)C)cc1C. The van der Waals surface area contributed by atoms with E-state index in [1.807, 2.05) is 6.08 Å². The van der Waals surface area contributed by atoms with Crippen LogP contribution in [0.2, 0.25) is 0 Å². The van der Waals surface area contributed by atoms with Crippen LogP contribution in [0, 0.1) is 13.8 Å². The molecule has 0 saturated heterocycles. The first-order chi connectivity index (χ1) is 9.25. The maximum Gasteiger partial charge on any atom is 0.137 e. The number of carbonyl (C=O) groups excluding carboxylic acids is 1. The summed E-state index contributed by atoms with van der Waals surface area (Å²) in [6.07, 6.45) is 4.94. The van der Waals surface area contributed by atoms with Crippen LogP contribution < -0.4 is 0 Å². The van der Waals surface area contributed by atoms with Crippen molar-refractivity contribution < 1.29 is 4.79 Å². The molecule has 0 radical (unpaired) electrons. The fourth-order valence-corrected chi connectivity index (χ4v) is 2.43. The van der Waals surface area contributed by atoms with Crippen molar-refractivity contribution in [3.8, 4) is 0 Å². The Morgan fingerprint density at radius 1 is 1.20 bits per heavy atom. The topological polar surface area (TPSA) is 17.1 Å². The van der Waals surface area contributed by atoms with Gasteiger partial charge in [-0.1, -0.05) is 39.0 Å². The molecule has 0 aromatic heterocycles. The first kappa shape index (κ1) is 16.7. The van der Waals surface area contributed by atoms with Gasteiger partial charge in [0, 0.05) is 12.8 Å². The third kappa shape index (κ3) is 4.63. The van der Waals surface area contributed by atoms with E-state index in [1.54, 1.807) is 0 Å². The van der Waals surface area contributed by atoms with E-state index < -0.39 is 0 Å². The highest BCUT2D eigenvalue weighted by molar-refractivity contribution is 5.81. The van der Waals surface area contributed by atoms with Crippen LogP contribution >= 0.6 is 0 Å². The zero-order valence-corrected chi connectivity index (χ0v) is 13.7. The van der Waals surface area contributed by atoms with E-state index in [0.717, 1.165) is 12.8 Å². The Labute approximate surface area is 124 Å². The number of benzene rings is 1. The minimum Gasteiger partial charge on any atom is -0.299 e. The summed E-state index contributed by atoms with van der Waals surface area (Å²) in [4.78, 5) is 12.0. The second-order valence-corrected chi connectivity index (χ2v) is 6.73. The summed E-state index contributed by atoms with van der Waals surface area (Å²) in [6, 6.07) is 4.47. The molecule has 0 aliphatic heterocycles. The van der Waals surface area contributed by atoms with Crippen molar-refractivity contribution in [3.63, 3.8) is 0 Å². The number of unbranched alkanes of at least 4 members (excludes halogenated alkanes) is 1. The summed E-state index contributed by atoms with van der Waals surface area (Å²) in [6.45, 7) is 14.6. The van der Waals surface area contributed by atoms with Gasteiger partial charge in [0.1, 0.15) is 5.78 Å². The predicted molar refractivity (Wildman–Crippen MR) is 87.4 cm³/mol. The normalized spacial score (nSPS) is 11.4. The third-order valence-electron chi connectivity index (χ3n) is 3.80. The van der Waals surface area contributed by atoms with Gasteiger partial charge >= 0.3 is 0 Å². The molecule has 0 unspecified atom stereocenters. The van der Waals surface area contributed by atoms with Gasteiger partial charge < -0.3 is 0 Å². The molecule has 0 N–H and O–H groups in total. The van der Waals surface area contributed by atoms with Crippen LogP contribution in [0.15, 0.2) is 24.8 Å². The van der Waals surface area contributed by atoms with Crippen molar-refractivity contribution in [3.05, 3.63) is 47.0 Å². The molecule has 0 aliphatic rings. The van der Waals surface area contributed by atoms with Crippen LogP contribution in [0.25, 0.3) is 0 Å². The van der Waals surface area contributed by atoms with Crippen molar-refractivity contribution in [1.29, 1.82) is 0 Å². The molecule has 1 aromatic carbocycles. The van der Waals surface area contributed by atoms with Gasteiger partial charge in [-0.3, -0.25) is 4.79 Å². The van der Waals surface area contributed by atoms with E-state index in [4.69, 9.17) is 0 Å². The highest BCUT2D eigenvalue weighted by Gasteiger charge is 2.17. The number of rotatable bonds is 6. The Bertz CT molecular complexity index is 466. The standard InChI is InChI=1S/C19H28O/c1-7-8-9-10-17(20)13-18-14(2)11-16(12-15(18)3)19(4,5)6/h7,11-12H,1,8-10,13H2,2-6H3. The molecule has 0 heterocycles. The molecular weight excluding hydrogens is 244 g/mol. The minimum absolute atomic E-state index is 0.155. The van der Waals surface area contributed by atoms with Crippen LogP contribution in [-0.4, -0.2) is 5.78 Å². The molecule has 0 atom stereocenters. The van der Waals surface area contributed by atoms with Crippen molar-refractivity contribution in [1.82, 2.24) is 0 Å². The summed E-state index contributed by atoms with van der Waals surface area (Å²) >= 11 is 0. The number of carbonyl (C=O) groups is 1. The number of hydrogen-bond acceptors (Lipinski definition) is 1.